The Balaban J connectivity index is 1.60. The van der Waals surface area contributed by atoms with E-state index >= 15 is 0 Å². The number of nitrogens with one attached hydrogen (secondary N) is 1. The number of methoxy groups -OCH3 is 1. The molecule has 0 bridgehead atoms. The minimum atomic E-state index is 0.422. The molecule has 0 unspecified atom stereocenters. The Morgan fingerprint density at radius 1 is 0.926 bits per heavy atom. The quantitative estimate of drug-likeness (QED) is 0.568. The molecule has 2 aromatic carbocycles. The van der Waals surface area contributed by atoms with E-state index in [1.54, 1.807) is 13.3 Å². The fraction of sp³-hybridized carbons (Fsp3) is 0.227. The van der Waals surface area contributed by atoms with Gasteiger partial charge in [-0.1, -0.05) is 30.3 Å². The molecule has 0 amide bonds. The lowest BCUT2D eigenvalue weighted by molar-refractivity contribution is 0.210. The summed E-state index contributed by atoms with van der Waals surface area (Å²) in [6, 6.07) is 19.6. The smallest absolute Gasteiger partial charge is 0.166 e. The van der Waals surface area contributed by atoms with Crippen molar-refractivity contribution in [2.24, 2.45) is 0 Å². The van der Waals surface area contributed by atoms with E-state index in [2.05, 4.69) is 10.3 Å². The maximum atomic E-state index is 5.99. The molecule has 3 rings (SSSR count). The van der Waals surface area contributed by atoms with Crippen LogP contribution in [0.4, 0.5) is 5.82 Å². The van der Waals surface area contributed by atoms with Gasteiger partial charge in [-0.25, -0.2) is 4.98 Å². The molecule has 1 heterocycles. The Bertz CT molecular complexity index is 853. The molecule has 0 saturated carbocycles. The van der Waals surface area contributed by atoms with Gasteiger partial charge in [-0.15, -0.1) is 0 Å². The topological polar surface area (TPSA) is 52.6 Å². The van der Waals surface area contributed by atoms with Crippen LogP contribution in [0.5, 0.6) is 17.2 Å². The molecule has 0 fully saturated rings. The third-order valence-corrected chi connectivity index (χ3v) is 3.99. The van der Waals surface area contributed by atoms with Gasteiger partial charge in [-0.3, -0.25) is 0 Å². The first-order valence-electron chi connectivity index (χ1n) is 8.89. The first kappa shape index (κ1) is 18.6. The predicted octanol–water partition coefficient (Wildman–Crippen LogP) is 4.47. The summed E-state index contributed by atoms with van der Waals surface area (Å²) in [4.78, 5) is 4.28. The first-order valence-corrected chi connectivity index (χ1v) is 8.89. The molecule has 27 heavy (non-hydrogen) atoms. The first-order chi connectivity index (χ1) is 13.3. The zero-order valence-electron chi connectivity index (χ0n) is 15.6. The Kier molecular flexibility index (Phi) is 6.52. The Morgan fingerprint density at radius 3 is 2.56 bits per heavy atom. The molecular formula is C22H24N2O3. The highest BCUT2D eigenvalue weighted by Gasteiger charge is 2.11. The molecule has 1 N–H and O–H groups in total. The number of nitrogens with zero attached hydrogens (tertiary/aromatic N) is 1. The van der Waals surface area contributed by atoms with Gasteiger partial charge in [0.25, 0.3) is 0 Å². The van der Waals surface area contributed by atoms with E-state index in [1.165, 1.54) is 5.56 Å². The van der Waals surface area contributed by atoms with E-state index in [1.807, 2.05) is 67.6 Å². The summed E-state index contributed by atoms with van der Waals surface area (Å²) in [6.07, 6.45) is 1.76. The summed E-state index contributed by atoms with van der Waals surface area (Å²) in [6.45, 7) is 3.50. The van der Waals surface area contributed by atoms with Gasteiger partial charge in [0.1, 0.15) is 24.8 Å². The fourth-order valence-electron chi connectivity index (χ4n) is 2.69. The summed E-state index contributed by atoms with van der Waals surface area (Å²) in [5.74, 6) is 3.08. The fourth-order valence-corrected chi connectivity index (χ4v) is 2.69. The van der Waals surface area contributed by atoms with Crippen molar-refractivity contribution in [1.29, 1.82) is 0 Å². The van der Waals surface area contributed by atoms with Crippen molar-refractivity contribution >= 4 is 5.82 Å². The van der Waals surface area contributed by atoms with Gasteiger partial charge >= 0.3 is 0 Å². The molecular weight excluding hydrogens is 340 g/mol. The predicted molar refractivity (Wildman–Crippen MR) is 107 cm³/mol. The number of anilines is 1. The molecule has 140 valence electrons. The number of pyridine rings is 1. The summed E-state index contributed by atoms with van der Waals surface area (Å²) in [5.41, 5.74) is 2.16. The number of para-hydroxylation sites is 1. The average molecular weight is 364 g/mol. The van der Waals surface area contributed by atoms with E-state index in [9.17, 15) is 0 Å². The molecule has 0 atom stereocenters. The number of benzene rings is 2. The van der Waals surface area contributed by atoms with Crippen LogP contribution in [-0.2, 0) is 6.54 Å². The number of hydrogen-bond donors (Lipinski definition) is 1. The standard InChI is InChI=1S/C22H24N2O3/c1-17-7-5-9-19(15-17)26-13-14-27-22-18(8-6-10-20(22)25-2)16-24-21-11-3-4-12-23-21/h3-12,15H,13-14,16H2,1-2H3,(H,23,24). The third kappa shape index (κ3) is 5.38. The highest BCUT2D eigenvalue weighted by atomic mass is 16.5. The normalized spacial score (nSPS) is 10.3. The van der Waals surface area contributed by atoms with E-state index < -0.39 is 0 Å². The number of hydrogen-bond acceptors (Lipinski definition) is 5. The number of aromatic nitrogens is 1. The van der Waals surface area contributed by atoms with Gasteiger partial charge in [0.15, 0.2) is 11.5 Å². The highest BCUT2D eigenvalue weighted by Crippen LogP contribution is 2.31. The van der Waals surface area contributed by atoms with Gasteiger partial charge in [-0.05, 0) is 42.8 Å². The number of rotatable bonds is 9. The van der Waals surface area contributed by atoms with Gasteiger partial charge in [0.05, 0.1) is 7.11 Å². The lowest BCUT2D eigenvalue weighted by Crippen LogP contribution is -2.12. The van der Waals surface area contributed by atoms with Crippen LogP contribution in [0.1, 0.15) is 11.1 Å². The van der Waals surface area contributed by atoms with Crippen molar-refractivity contribution in [3.8, 4) is 17.2 Å². The van der Waals surface area contributed by atoms with Crippen LogP contribution in [0.3, 0.4) is 0 Å². The summed E-state index contributed by atoms with van der Waals surface area (Å²) in [5, 5.41) is 3.30. The van der Waals surface area contributed by atoms with Crippen LogP contribution in [0.25, 0.3) is 0 Å². The second-order valence-electron chi connectivity index (χ2n) is 6.03. The number of ether oxygens (including phenoxy) is 3. The van der Waals surface area contributed by atoms with Gasteiger partial charge in [0, 0.05) is 18.3 Å². The van der Waals surface area contributed by atoms with E-state index in [0.29, 0.717) is 25.5 Å². The second kappa shape index (κ2) is 9.48. The van der Waals surface area contributed by atoms with Gasteiger partial charge < -0.3 is 19.5 Å². The molecule has 0 radical (unpaired) electrons. The highest BCUT2D eigenvalue weighted by molar-refractivity contribution is 5.48. The van der Waals surface area contributed by atoms with Crippen molar-refractivity contribution in [2.75, 3.05) is 25.6 Å². The molecule has 0 aliphatic heterocycles. The second-order valence-corrected chi connectivity index (χ2v) is 6.03. The molecule has 5 nitrogen and oxygen atoms in total. The monoisotopic (exact) mass is 364 g/mol. The third-order valence-electron chi connectivity index (χ3n) is 3.99. The minimum Gasteiger partial charge on any atom is -0.493 e. The van der Waals surface area contributed by atoms with E-state index in [4.69, 9.17) is 14.2 Å². The SMILES string of the molecule is COc1cccc(CNc2ccccn2)c1OCCOc1cccc(C)c1. The van der Waals surface area contributed by atoms with Crippen molar-refractivity contribution in [2.45, 2.75) is 13.5 Å². The van der Waals surface area contributed by atoms with Crippen molar-refractivity contribution in [3.05, 3.63) is 78.0 Å². The Labute approximate surface area is 159 Å². The Hall–Kier alpha value is -3.21. The largest absolute Gasteiger partial charge is 0.493 e. The lowest BCUT2D eigenvalue weighted by Gasteiger charge is -2.16. The maximum absolute atomic E-state index is 5.99. The lowest BCUT2D eigenvalue weighted by atomic mass is 10.2. The van der Waals surface area contributed by atoms with Crippen LogP contribution in [0.2, 0.25) is 0 Å². The van der Waals surface area contributed by atoms with E-state index in [-0.39, 0.29) is 0 Å². The van der Waals surface area contributed by atoms with Gasteiger partial charge in [-0.2, -0.15) is 0 Å². The van der Waals surface area contributed by atoms with Crippen LogP contribution in [0, 0.1) is 6.92 Å². The molecule has 0 saturated heterocycles. The minimum absolute atomic E-state index is 0.422. The summed E-state index contributed by atoms with van der Waals surface area (Å²) < 4.78 is 17.2. The van der Waals surface area contributed by atoms with Gasteiger partial charge in [0.2, 0.25) is 0 Å². The number of aryl methyl sites for hydroxylation is 1. The molecule has 0 aliphatic rings. The van der Waals surface area contributed by atoms with Crippen molar-refractivity contribution in [3.63, 3.8) is 0 Å². The average Bonchev–Trinajstić information content (AvgIpc) is 2.71. The molecule has 3 aromatic rings. The zero-order valence-corrected chi connectivity index (χ0v) is 15.6. The summed E-state index contributed by atoms with van der Waals surface area (Å²) >= 11 is 0. The zero-order chi connectivity index (χ0) is 18.9. The van der Waals surface area contributed by atoms with Crippen LogP contribution in [-0.4, -0.2) is 25.3 Å². The van der Waals surface area contributed by atoms with Crippen molar-refractivity contribution < 1.29 is 14.2 Å². The van der Waals surface area contributed by atoms with Crippen LogP contribution < -0.4 is 19.5 Å². The molecule has 0 aliphatic carbocycles. The van der Waals surface area contributed by atoms with Crippen molar-refractivity contribution in [1.82, 2.24) is 4.98 Å². The molecule has 5 heteroatoms. The van der Waals surface area contributed by atoms with E-state index in [0.717, 1.165) is 22.9 Å². The summed E-state index contributed by atoms with van der Waals surface area (Å²) in [7, 11) is 1.64. The van der Waals surface area contributed by atoms with Crippen LogP contribution >= 0.6 is 0 Å². The molecule has 1 aromatic heterocycles. The van der Waals surface area contributed by atoms with Crippen LogP contribution in [0.15, 0.2) is 66.9 Å². The maximum Gasteiger partial charge on any atom is 0.166 e. The molecule has 0 spiro atoms. The Morgan fingerprint density at radius 2 is 1.78 bits per heavy atom.